The van der Waals surface area contributed by atoms with E-state index in [1.165, 1.54) is 13.8 Å². The van der Waals surface area contributed by atoms with Crippen LogP contribution in [0.3, 0.4) is 0 Å². The Morgan fingerprint density at radius 1 is 1.00 bits per heavy atom. The minimum Gasteiger partial charge on any atom is -0.469 e. The van der Waals surface area contributed by atoms with Crippen molar-refractivity contribution in [3.63, 3.8) is 0 Å². The molecule has 0 amide bonds. The van der Waals surface area contributed by atoms with Crippen LogP contribution in [0.4, 0.5) is 22.0 Å². The zero-order valence-corrected chi connectivity index (χ0v) is 12.1. The molecule has 0 aliphatic heterocycles. The SMILES string of the molecule is COC(=O)C(C)(C)[C@H](N)c1c(F)c(F)c(F)c(F)c1F.Cl. The molecule has 0 unspecified atom stereocenters. The van der Waals surface area contributed by atoms with Gasteiger partial charge in [-0.05, 0) is 13.8 Å². The van der Waals surface area contributed by atoms with Crippen molar-refractivity contribution < 1.29 is 31.5 Å². The molecule has 0 fully saturated rings. The zero-order chi connectivity index (χ0) is 15.8. The number of esters is 1. The highest BCUT2D eigenvalue weighted by Crippen LogP contribution is 2.37. The number of benzene rings is 1. The van der Waals surface area contributed by atoms with Crippen molar-refractivity contribution in [2.45, 2.75) is 19.9 Å². The second-order valence-electron chi connectivity index (χ2n) is 4.67. The van der Waals surface area contributed by atoms with E-state index in [1.54, 1.807) is 0 Å². The molecular weight excluding hydrogens is 321 g/mol. The van der Waals surface area contributed by atoms with Crippen LogP contribution in [0, 0.1) is 34.5 Å². The maximum atomic E-state index is 13.6. The fourth-order valence-corrected chi connectivity index (χ4v) is 1.65. The molecule has 0 saturated carbocycles. The molecule has 21 heavy (non-hydrogen) atoms. The van der Waals surface area contributed by atoms with Crippen molar-refractivity contribution in [3.8, 4) is 0 Å². The van der Waals surface area contributed by atoms with Gasteiger partial charge in [0.2, 0.25) is 5.82 Å². The van der Waals surface area contributed by atoms with Crippen LogP contribution < -0.4 is 5.73 Å². The first-order valence-electron chi connectivity index (χ1n) is 5.42. The van der Waals surface area contributed by atoms with Crippen LogP contribution in [0.5, 0.6) is 0 Å². The summed E-state index contributed by atoms with van der Waals surface area (Å²) < 4.78 is 70.7. The first kappa shape index (κ1) is 19.6. The molecule has 1 aromatic rings. The Balaban J connectivity index is 0.00000400. The van der Waals surface area contributed by atoms with E-state index >= 15 is 0 Å². The molecule has 1 aromatic carbocycles. The van der Waals surface area contributed by atoms with Crippen LogP contribution in [0.2, 0.25) is 0 Å². The van der Waals surface area contributed by atoms with E-state index in [-0.39, 0.29) is 12.4 Å². The Kier molecular flexibility index (Phi) is 6.13. The molecule has 0 aliphatic carbocycles. The van der Waals surface area contributed by atoms with Gasteiger partial charge in [0, 0.05) is 5.56 Å². The Labute approximate surface area is 123 Å². The van der Waals surface area contributed by atoms with Gasteiger partial charge < -0.3 is 10.5 Å². The van der Waals surface area contributed by atoms with Gasteiger partial charge in [0.25, 0.3) is 0 Å². The second kappa shape index (κ2) is 6.57. The topological polar surface area (TPSA) is 52.3 Å². The fourth-order valence-electron chi connectivity index (χ4n) is 1.65. The summed E-state index contributed by atoms with van der Waals surface area (Å²) in [7, 11) is 1.01. The highest BCUT2D eigenvalue weighted by atomic mass is 35.5. The Morgan fingerprint density at radius 3 is 1.67 bits per heavy atom. The van der Waals surface area contributed by atoms with E-state index in [1.807, 2.05) is 0 Å². The first-order chi connectivity index (χ1) is 9.07. The van der Waals surface area contributed by atoms with Gasteiger partial charge in [-0.2, -0.15) is 0 Å². The van der Waals surface area contributed by atoms with E-state index < -0.39 is 52.1 Å². The smallest absolute Gasteiger partial charge is 0.313 e. The second-order valence-corrected chi connectivity index (χ2v) is 4.67. The Bertz CT molecular complexity index is 536. The standard InChI is InChI=1S/C12H12F5NO2.ClH/c1-12(2,11(19)20-3)10(18)4-5(13)7(15)9(17)8(16)6(4)14;/h10H,18H2,1-3H3;1H/t10-;/m1./s1. The highest BCUT2D eigenvalue weighted by molar-refractivity contribution is 5.85. The van der Waals surface area contributed by atoms with Crippen LogP contribution in [0.1, 0.15) is 25.5 Å². The number of methoxy groups -OCH3 is 1. The molecule has 0 radical (unpaired) electrons. The molecule has 1 rings (SSSR count). The lowest BCUT2D eigenvalue weighted by Crippen LogP contribution is -2.39. The number of carbonyl (C=O) groups excluding carboxylic acids is 1. The maximum Gasteiger partial charge on any atom is 0.313 e. The van der Waals surface area contributed by atoms with Crippen molar-refractivity contribution in [1.29, 1.82) is 0 Å². The lowest BCUT2D eigenvalue weighted by atomic mass is 9.80. The van der Waals surface area contributed by atoms with E-state index in [0.717, 1.165) is 7.11 Å². The fraction of sp³-hybridized carbons (Fsp3) is 0.417. The van der Waals surface area contributed by atoms with Crippen LogP contribution >= 0.6 is 12.4 Å². The predicted octanol–water partition coefficient (Wildman–Crippen LogP) is 3.00. The van der Waals surface area contributed by atoms with Crippen LogP contribution in [-0.2, 0) is 9.53 Å². The average molecular weight is 334 g/mol. The number of nitrogens with two attached hydrogens (primary N) is 1. The first-order valence-corrected chi connectivity index (χ1v) is 5.42. The molecule has 0 aromatic heterocycles. The van der Waals surface area contributed by atoms with Crippen molar-refractivity contribution >= 4 is 18.4 Å². The average Bonchev–Trinajstić information content (AvgIpc) is 2.41. The summed E-state index contributed by atoms with van der Waals surface area (Å²) in [6.07, 6.45) is 0. The molecule has 120 valence electrons. The lowest BCUT2D eigenvalue weighted by molar-refractivity contribution is -0.152. The largest absolute Gasteiger partial charge is 0.469 e. The molecule has 0 heterocycles. The van der Waals surface area contributed by atoms with Crippen molar-refractivity contribution in [1.82, 2.24) is 0 Å². The Morgan fingerprint density at radius 2 is 1.33 bits per heavy atom. The molecule has 1 atom stereocenters. The molecule has 3 nitrogen and oxygen atoms in total. The summed E-state index contributed by atoms with van der Waals surface area (Å²) >= 11 is 0. The minimum absolute atomic E-state index is 0. The van der Waals surface area contributed by atoms with Crippen LogP contribution in [0.15, 0.2) is 0 Å². The number of carbonyl (C=O) groups is 1. The quantitative estimate of drug-likeness (QED) is 0.400. The molecule has 2 N–H and O–H groups in total. The number of ether oxygens (including phenoxy) is 1. The molecule has 0 bridgehead atoms. The van der Waals surface area contributed by atoms with Gasteiger partial charge in [0.05, 0.1) is 18.6 Å². The Hall–Kier alpha value is -1.41. The number of halogens is 6. The zero-order valence-electron chi connectivity index (χ0n) is 11.3. The lowest BCUT2D eigenvalue weighted by Gasteiger charge is -2.29. The number of hydrogen-bond donors (Lipinski definition) is 1. The third-order valence-electron chi connectivity index (χ3n) is 3.04. The monoisotopic (exact) mass is 333 g/mol. The van der Waals surface area contributed by atoms with Gasteiger partial charge in [0.1, 0.15) is 0 Å². The molecule has 9 heteroatoms. The van der Waals surface area contributed by atoms with Crippen LogP contribution in [-0.4, -0.2) is 13.1 Å². The van der Waals surface area contributed by atoms with E-state index in [9.17, 15) is 26.7 Å². The normalized spacial score (nSPS) is 12.6. The third kappa shape index (κ3) is 3.11. The number of hydrogen-bond acceptors (Lipinski definition) is 3. The summed E-state index contributed by atoms with van der Waals surface area (Å²) in [5.74, 6) is -11.6. The van der Waals surface area contributed by atoms with Crippen molar-refractivity contribution in [2.75, 3.05) is 7.11 Å². The van der Waals surface area contributed by atoms with Crippen LogP contribution in [0.25, 0.3) is 0 Å². The van der Waals surface area contributed by atoms with E-state index in [0.29, 0.717) is 0 Å². The van der Waals surface area contributed by atoms with Gasteiger partial charge in [-0.3, -0.25) is 4.79 Å². The molecule has 0 spiro atoms. The minimum atomic E-state index is -2.29. The van der Waals surface area contributed by atoms with Crippen molar-refractivity contribution in [2.24, 2.45) is 11.1 Å². The molecule has 0 saturated heterocycles. The highest BCUT2D eigenvalue weighted by Gasteiger charge is 2.41. The van der Waals surface area contributed by atoms with Gasteiger partial charge in [-0.15, -0.1) is 12.4 Å². The molecule has 0 aliphatic rings. The van der Waals surface area contributed by atoms with Gasteiger partial charge in [-0.1, -0.05) is 0 Å². The van der Waals surface area contributed by atoms with E-state index in [4.69, 9.17) is 5.73 Å². The summed E-state index contributed by atoms with van der Waals surface area (Å²) in [6.45, 7) is 2.34. The number of rotatable bonds is 3. The van der Waals surface area contributed by atoms with Gasteiger partial charge in [-0.25, -0.2) is 22.0 Å². The summed E-state index contributed by atoms with van der Waals surface area (Å²) in [5.41, 5.74) is 2.56. The van der Waals surface area contributed by atoms with Gasteiger partial charge >= 0.3 is 5.97 Å². The van der Waals surface area contributed by atoms with Crippen molar-refractivity contribution in [3.05, 3.63) is 34.6 Å². The summed E-state index contributed by atoms with van der Waals surface area (Å²) in [6, 6.07) is -1.78. The van der Waals surface area contributed by atoms with E-state index in [2.05, 4.69) is 4.74 Å². The summed E-state index contributed by atoms with van der Waals surface area (Å²) in [4.78, 5) is 11.5. The summed E-state index contributed by atoms with van der Waals surface area (Å²) in [5, 5.41) is 0. The maximum absolute atomic E-state index is 13.6. The third-order valence-corrected chi connectivity index (χ3v) is 3.04. The predicted molar refractivity (Wildman–Crippen MR) is 66.2 cm³/mol. The van der Waals surface area contributed by atoms with Gasteiger partial charge in [0.15, 0.2) is 23.3 Å². The molecular formula is C12H13ClF5NO2.